The number of hydrogen-bond acceptors (Lipinski definition) is 6. The minimum absolute atomic E-state index is 0.0476. The van der Waals surface area contributed by atoms with E-state index >= 15 is 0 Å². The molecule has 5 atom stereocenters. The van der Waals surface area contributed by atoms with Crippen molar-refractivity contribution in [2.24, 2.45) is 16.7 Å². The summed E-state index contributed by atoms with van der Waals surface area (Å²) in [7, 11) is 0. The molecule has 6 heteroatoms. The zero-order chi connectivity index (χ0) is 20.2. The van der Waals surface area contributed by atoms with Crippen LogP contribution < -0.4 is 0 Å². The molecular formula is C22H28O6. The molecule has 5 unspecified atom stereocenters. The number of allylic oxidation sites excluding steroid dienone is 2. The standard InChI is InChI=1S/C22H28O6/c1-14-10-18(25)22(13-27-15(2)23)19(17(24)5-8-21(22)12-28-21)20(14,3)7-4-16-6-9-26-11-16/h6,9-11,17,19,24H,4-5,7-8,12-13H2,1-3H3. The van der Waals surface area contributed by atoms with Crippen LogP contribution in [0, 0.1) is 16.7 Å². The fraction of sp³-hybridized carbons (Fsp3) is 0.636. The maximum Gasteiger partial charge on any atom is 0.302 e. The number of carbonyl (C=O) groups excluding carboxylic acids is 2. The van der Waals surface area contributed by atoms with Gasteiger partial charge in [0.25, 0.3) is 0 Å². The van der Waals surface area contributed by atoms with Crippen LogP contribution in [-0.4, -0.2) is 41.8 Å². The molecule has 152 valence electrons. The molecule has 0 aromatic carbocycles. The highest BCUT2D eigenvalue weighted by Gasteiger charge is 2.75. The third-order valence-electron chi connectivity index (χ3n) is 7.46. The van der Waals surface area contributed by atoms with Crippen molar-refractivity contribution >= 4 is 11.8 Å². The first kappa shape index (κ1) is 19.4. The van der Waals surface area contributed by atoms with Gasteiger partial charge in [0.2, 0.25) is 0 Å². The minimum atomic E-state index is -1.04. The van der Waals surface area contributed by atoms with E-state index in [1.54, 1.807) is 18.6 Å². The number of aliphatic hydroxyl groups excluding tert-OH is 1. The Morgan fingerprint density at radius 1 is 1.43 bits per heavy atom. The van der Waals surface area contributed by atoms with Crippen LogP contribution in [0.1, 0.15) is 45.6 Å². The number of ether oxygens (including phenoxy) is 2. The molecule has 1 aromatic rings. The fourth-order valence-corrected chi connectivity index (χ4v) is 5.65. The summed E-state index contributed by atoms with van der Waals surface area (Å²) in [6.07, 6.45) is 7.11. The third-order valence-corrected chi connectivity index (χ3v) is 7.46. The van der Waals surface area contributed by atoms with Crippen molar-refractivity contribution in [2.75, 3.05) is 13.2 Å². The zero-order valence-electron chi connectivity index (χ0n) is 16.7. The van der Waals surface area contributed by atoms with Crippen LogP contribution in [-0.2, 0) is 25.5 Å². The molecule has 4 rings (SSSR count). The number of fused-ring (bicyclic) bond motifs is 2. The van der Waals surface area contributed by atoms with Crippen molar-refractivity contribution in [3.8, 4) is 0 Å². The average Bonchev–Trinajstić information content (AvgIpc) is 3.23. The number of epoxide rings is 1. The van der Waals surface area contributed by atoms with Crippen molar-refractivity contribution in [2.45, 2.75) is 58.2 Å². The minimum Gasteiger partial charge on any atom is -0.472 e. The molecule has 28 heavy (non-hydrogen) atoms. The molecule has 6 nitrogen and oxygen atoms in total. The van der Waals surface area contributed by atoms with Gasteiger partial charge in [0, 0.05) is 12.8 Å². The summed E-state index contributed by atoms with van der Waals surface area (Å²) in [5.74, 6) is -0.892. The smallest absolute Gasteiger partial charge is 0.302 e. The van der Waals surface area contributed by atoms with Crippen molar-refractivity contribution in [3.63, 3.8) is 0 Å². The van der Waals surface area contributed by atoms with Crippen LogP contribution >= 0.6 is 0 Å². The highest BCUT2D eigenvalue weighted by molar-refractivity contribution is 5.99. The molecule has 2 heterocycles. The predicted octanol–water partition coefficient (Wildman–Crippen LogP) is 2.84. The number of carbonyl (C=O) groups is 2. The van der Waals surface area contributed by atoms with E-state index in [1.165, 1.54) is 6.92 Å². The third kappa shape index (κ3) is 2.69. The van der Waals surface area contributed by atoms with Gasteiger partial charge in [0.15, 0.2) is 5.78 Å². The van der Waals surface area contributed by atoms with Crippen LogP contribution in [0.4, 0.5) is 0 Å². The molecule has 2 aliphatic carbocycles. The molecule has 0 amide bonds. The van der Waals surface area contributed by atoms with E-state index < -0.39 is 28.5 Å². The molecule has 1 aromatic heterocycles. The van der Waals surface area contributed by atoms with Crippen molar-refractivity contribution in [1.82, 2.24) is 0 Å². The average molecular weight is 388 g/mol. The Kier molecular flexibility index (Phi) is 4.55. The van der Waals surface area contributed by atoms with Crippen LogP contribution in [0.5, 0.6) is 0 Å². The van der Waals surface area contributed by atoms with E-state index in [2.05, 4.69) is 6.92 Å². The molecule has 1 N–H and O–H groups in total. The van der Waals surface area contributed by atoms with E-state index in [4.69, 9.17) is 13.9 Å². The Morgan fingerprint density at radius 3 is 2.79 bits per heavy atom. The second-order valence-electron chi connectivity index (χ2n) is 8.86. The van der Waals surface area contributed by atoms with Gasteiger partial charge >= 0.3 is 5.97 Å². The first-order chi connectivity index (χ1) is 13.3. The second kappa shape index (κ2) is 6.56. The summed E-state index contributed by atoms with van der Waals surface area (Å²) in [5.41, 5.74) is -0.0665. The number of rotatable bonds is 5. The van der Waals surface area contributed by atoms with Crippen molar-refractivity contribution in [3.05, 3.63) is 35.8 Å². The molecule has 0 radical (unpaired) electrons. The molecule has 1 spiro atoms. The zero-order valence-corrected chi connectivity index (χ0v) is 16.7. The number of aliphatic hydroxyl groups is 1. The van der Waals surface area contributed by atoms with Crippen molar-refractivity contribution < 1.29 is 28.6 Å². The lowest BCUT2D eigenvalue weighted by Crippen LogP contribution is -2.66. The SMILES string of the molecule is CC(=O)OCC12C(=O)C=C(C)C(C)(CCc3ccoc3)C1C(O)CCC21CO1. The van der Waals surface area contributed by atoms with Crippen LogP contribution in [0.3, 0.4) is 0 Å². The molecule has 0 bridgehead atoms. The fourth-order valence-electron chi connectivity index (χ4n) is 5.65. The number of esters is 1. The van der Waals surface area contributed by atoms with E-state index in [0.717, 1.165) is 24.0 Å². The summed E-state index contributed by atoms with van der Waals surface area (Å²) in [6, 6.07) is 1.94. The highest BCUT2D eigenvalue weighted by Crippen LogP contribution is 2.66. The molecule has 3 aliphatic rings. The van der Waals surface area contributed by atoms with Gasteiger partial charge in [-0.25, -0.2) is 0 Å². The van der Waals surface area contributed by atoms with Gasteiger partial charge in [-0.05, 0) is 55.7 Å². The number of furan rings is 1. The molecule has 2 fully saturated rings. The lowest BCUT2D eigenvalue weighted by atomic mass is 9.45. The maximum atomic E-state index is 13.4. The van der Waals surface area contributed by atoms with E-state index in [0.29, 0.717) is 19.4 Å². The number of aryl methyl sites for hydroxylation is 1. The lowest BCUT2D eigenvalue weighted by molar-refractivity contribution is -0.180. The Labute approximate surface area is 164 Å². The lowest BCUT2D eigenvalue weighted by Gasteiger charge is -2.58. The molecule has 1 saturated heterocycles. The van der Waals surface area contributed by atoms with Gasteiger partial charge in [0.05, 0.1) is 25.2 Å². The quantitative estimate of drug-likeness (QED) is 0.616. The second-order valence-corrected chi connectivity index (χ2v) is 8.86. The van der Waals surface area contributed by atoms with E-state index in [-0.39, 0.29) is 18.3 Å². The van der Waals surface area contributed by atoms with Crippen LogP contribution in [0.2, 0.25) is 0 Å². The Balaban J connectivity index is 1.78. The molecule has 1 saturated carbocycles. The van der Waals surface area contributed by atoms with Gasteiger partial charge in [0.1, 0.15) is 17.6 Å². The monoisotopic (exact) mass is 388 g/mol. The first-order valence-corrected chi connectivity index (χ1v) is 9.95. The summed E-state index contributed by atoms with van der Waals surface area (Å²) < 4.78 is 16.5. The Bertz CT molecular complexity index is 805. The summed E-state index contributed by atoms with van der Waals surface area (Å²) in [6.45, 7) is 5.84. The summed E-state index contributed by atoms with van der Waals surface area (Å²) in [4.78, 5) is 25.0. The first-order valence-electron chi connectivity index (χ1n) is 9.95. The normalized spacial score (nSPS) is 39.4. The van der Waals surface area contributed by atoms with Crippen molar-refractivity contribution in [1.29, 1.82) is 0 Å². The summed E-state index contributed by atoms with van der Waals surface area (Å²) >= 11 is 0. The van der Waals surface area contributed by atoms with Crippen LogP contribution in [0.15, 0.2) is 34.7 Å². The highest BCUT2D eigenvalue weighted by atomic mass is 16.6. The predicted molar refractivity (Wildman–Crippen MR) is 100 cm³/mol. The number of ketones is 1. The molecule has 1 aliphatic heterocycles. The van der Waals surface area contributed by atoms with Gasteiger partial charge in [-0.3, -0.25) is 9.59 Å². The van der Waals surface area contributed by atoms with Gasteiger partial charge in [-0.15, -0.1) is 0 Å². The largest absolute Gasteiger partial charge is 0.472 e. The van der Waals surface area contributed by atoms with Gasteiger partial charge in [-0.2, -0.15) is 0 Å². The van der Waals surface area contributed by atoms with E-state index in [1.807, 2.05) is 13.0 Å². The number of hydrogen-bond donors (Lipinski definition) is 1. The van der Waals surface area contributed by atoms with E-state index in [9.17, 15) is 14.7 Å². The summed E-state index contributed by atoms with van der Waals surface area (Å²) in [5, 5.41) is 11.1. The Hall–Kier alpha value is -1.92. The Morgan fingerprint density at radius 2 is 2.18 bits per heavy atom. The van der Waals surface area contributed by atoms with Crippen LogP contribution in [0.25, 0.3) is 0 Å². The van der Waals surface area contributed by atoms with Gasteiger partial charge in [-0.1, -0.05) is 12.5 Å². The topological polar surface area (TPSA) is 89.3 Å². The van der Waals surface area contributed by atoms with Gasteiger partial charge < -0.3 is 19.0 Å². The maximum absolute atomic E-state index is 13.4. The molecular weight excluding hydrogens is 360 g/mol.